The number of piperazine rings is 1. The van der Waals surface area contributed by atoms with Crippen molar-refractivity contribution in [3.05, 3.63) is 24.3 Å². The smallest absolute Gasteiger partial charge is 0.262 e. The van der Waals surface area contributed by atoms with E-state index in [1.165, 1.54) is 12.1 Å². The zero-order valence-electron chi connectivity index (χ0n) is 18.0. The molecule has 2 N–H and O–H groups in total. The van der Waals surface area contributed by atoms with Crippen LogP contribution in [0.5, 0.6) is 0 Å². The van der Waals surface area contributed by atoms with Gasteiger partial charge in [-0.2, -0.15) is 5.26 Å². The first kappa shape index (κ1) is 23.2. The quantitative estimate of drug-likeness (QED) is 0.651. The molecule has 0 aliphatic carbocycles. The maximum Gasteiger partial charge on any atom is 0.262 e. The van der Waals surface area contributed by atoms with E-state index in [0.717, 1.165) is 19.5 Å². The van der Waals surface area contributed by atoms with Gasteiger partial charge in [-0.15, -0.1) is 0 Å². The first-order chi connectivity index (χ1) is 14.8. The topological polar surface area (TPSA) is 118 Å². The van der Waals surface area contributed by atoms with E-state index < -0.39 is 10.0 Å². The average Bonchev–Trinajstić information content (AvgIpc) is 3.22. The highest BCUT2D eigenvalue weighted by Crippen LogP contribution is 2.17. The van der Waals surface area contributed by atoms with Crippen molar-refractivity contribution in [2.24, 2.45) is 10.9 Å². The summed E-state index contributed by atoms with van der Waals surface area (Å²) >= 11 is 0. The summed E-state index contributed by atoms with van der Waals surface area (Å²) in [6.07, 6.45) is 1.46. The molecule has 0 radical (unpaired) electrons. The second-order valence-electron chi connectivity index (χ2n) is 8.24. The van der Waals surface area contributed by atoms with Crippen LogP contribution in [0, 0.1) is 17.2 Å². The van der Waals surface area contributed by atoms with E-state index in [0.29, 0.717) is 37.6 Å². The van der Waals surface area contributed by atoms with Crippen molar-refractivity contribution in [3.8, 4) is 6.07 Å². The number of nitrogens with one attached hydrogen (secondary N) is 2. The Kier molecular flexibility index (Phi) is 7.64. The van der Waals surface area contributed by atoms with Gasteiger partial charge in [-0.25, -0.2) is 8.42 Å². The molecule has 0 spiro atoms. The number of sulfonamides is 1. The van der Waals surface area contributed by atoms with Gasteiger partial charge in [0, 0.05) is 44.8 Å². The fourth-order valence-electron chi connectivity index (χ4n) is 3.83. The molecule has 1 aromatic rings. The van der Waals surface area contributed by atoms with Gasteiger partial charge >= 0.3 is 0 Å². The van der Waals surface area contributed by atoms with Gasteiger partial charge in [0.15, 0.2) is 0 Å². The number of nitriles is 1. The highest BCUT2D eigenvalue weighted by molar-refractivity contribution is 7.90. The fraction of sp³-hybridized carbons (Fsp3) is 0.571. The second kappa shape index (κ2) is 10.2. The molecule has 168 valence electrons. The molecule has 31 heavy (non-hydrogen) atoms. The third-order valence-corrected chi connectivity index (χ3v) is 6.86. The number of nitrogens with zero attached hydrogens (tertiary/aromatic N) is 4. The number of amides is 1. The number of rotatable bonds is 7. The molecule has 2 heterocycles. The maximum absolute atomic E-state index is 12.6. The van der Waals surface area contributed by atoms with Crippen molar-refractivity contribution in [2.45, 2.75) is 37.6 Å². The lowest BCUT2D eigenvalue weighted by atomic mass is 10.0. The summed E-state index contributed by atoms with van der Waals surface area (Å²) in [6, 6.07) is 8.48. The van der Waals surface area contributed by atoms with Crippen molar-refractivity contribution in [1.82, 2.24) is 14.5 Å². The zero-order chi connectivity index (χ0) is 22.4. The number of anilines is 1. The van der Waals surface area contributed by atoms with E-state index in [1.807, 2.05) is 18.7 Å². The molecule has 1 fully saturated rings. The molecular formula is C21H30N6O3S. The normalized spacial score (nSPS) is 19.0. The van der Waals surface area contributed by atoms with Crippen molar-refractivity contribution >= 4 is 27.5 Å². The Morgan fingerprint density at radius 2 is 2.00 bits per heavy atom. The van der Waals surface area contributed by atoms with E-state index in [4.69, 9.17) is 0 Å². The Morgan fingerprint density at radius 1 is 1.26 bits per heavy atom. The summed E-state index contributed by atoms with van der Waals surface area (Å²) in [6.45, 7) is 7.84. The van der Waals surface area contributed by atoms with Gasteiger partial charge in [-0.1, -0.05) is 19.9 Å². The van der Waals surface area contributed by atoms with Gasteiger partial charge < -0.3 is 5.32 Å². The molecule has 1 amide bonds. The molecule has 0 aromatic heterocycles. The number of carbonyl (C=O) groups is 1. The summed E-state index contributed by atoms with van der Waals surface area (Å²) in [7, 11) is -3.73. The van der Waals surface area contributed by atoms with E-state index >= 15 is 0 Å². The first-order valence-corrected chi connectivity index (χ1v) is 12.1. The Labute approximate surface area is 184 Å². The molecule has 0 saturated carbocycles. The minimum Gasteiger partial charge on any atom is -0.325 e. The summed E-state index contributed by atoms with van der Waals surface area (Å²) in [4.78, 5) is 20.9. The van der Waals surface area contributed by atoms with E-state index in [-0.39, 0.29) is 29.3 Å². The lowest BCUT2D eigenvalue weighted by molar-refractivity contribution is -0.117. The number of hydrogen-bond acceptors (Lipinski definition) is 7. The van der Waals surface area contributed by atoms with Crippen molar-refractivity contribution < 1.29 is 13.2 Å². The Hall–Kier alpha value is -2.48. The summed E-state index contributed by atoms with van der Waals surface area (Å²) < 4.78 is 27.6. The van der Waals surface area contributed by atoms with Crippen LogP contribution in [-0.4, -0.2) is 75.3 Å². The van der Waals surface area contributed by atoms with Crippen LogP contribution in [0.1, 0.15) is 26.7 Å². The standard InChI is InChI=1S/C21H30N6O3S/c1-16(2)19(14-22)27-11-9-26(10-12-27)15-21(28)24-17-5-3-6-18(13-17)31(29,30)25-20-7-4-8-23-20/h3,5-6,13,16,19H,4,7-12,15H2,1-2H3,(H,23,25)(H,24,28). The average molecular weight is 447 g/mol. The Morgan fingerprint density at radius 3 is 2.61 bits per heavy atom. The van der Waals surface area contributed by atoms with Gasteiger partial charge in [0.25, 0.3) is 10.0 Å². The second-order valence-corrected chi connectivity index (χ2v) is 9.93. The Bertz CT molecular complexity index is 962. The van der Waals surface area contributed by atoms with E-state index in [9.17, 15) is 18.5 Å². The van der Waals surface area contributed by atoms with Crippen molar-refractivity contribution in [2.75, 3.05) is 44.6 Å². The minimum atomic E-state index is -3.73. The molecule has 1 atom stereocenters. The lowest BCUT2D eigenvalue weighted by Gasteiger charge is -2.37. The molecule has 3 rings (SSSR count). The fourth-order valence-corrected chi connectivity index (χ4v) is 4.97. The van der Waals surface area contributed by atoms with E-state index in [1.54, 1.807) is 12.1 Å². The SMILES string of the molecule is CC(C)C(C#N)N1CCN(CC(=O)Nc2cccc(S(=O)(=O)NC3=NCCC3)c2)CC1. The van der Waals surface area contributed by atoms with Crippen LogP contribution in [0.25, 0.3) is 0 Å². The van der Waals surface area contributed by atoms with Crippen LogP contribution >= 0.6 is 0 Å². The van der Waals surface area contributed by atoms with E-state index in [2.05, 4.69) is 26.0 Å². The van der Waals surface area contributed by atoms with Crippen LogP contribution < -0.4 is 10.0 Å². The molecule has 10 heteroatoms. The van der Waals surface area contributed by atoms with Crippen LogP contribution in [0.2, 0.25) is 0 Å². The maximum atomic E-state index is 12.6. The van der Waals surface area contributed by atoms with Crippen molar-refractivity contribution in [3.63, 3.8) is 0 Å². The van der Waals surface area contributed by atoms with Crippen LogP contribution in [0.4, 0.5) is 5.69 Å². The summed E-state index contributed by atoms with van der Waals surface area (Å²) in [5, 5.41) is 12.1. The first-order valence-electron chi connectivity index (χ1n) is 10.6. The third-order valence-electron chi connectivity index (χ3n) is 5.49. The number of aliphatic imine (C=N–C) groups is 1. The monoisotopic (exact) mass is 446 g/mol. The number of amidine groups is 1. The Balaban J connectivity index is 1.53. The van der Waals surface area contributed by atoms with Gasteiger partial charge in [-0.05, 0) is 30.5 Å². The molecule has 1 aromatic carbocycles. The molecule has 2 aliphatic rings. The number of carbonyl (C=O) groups excluding carboxylic acids is 1. The molecule has 1 saturated heterocycles. The summed E-state index contributed by atoms with van der Waals surface area (Å²) in [5.74, 6) is 0.542. The predicted octanol–water partition coefficient (Wildman–Crippen LogP) is 1.26. The lowest BCUT2D eigenvalue weighted by Crippen LogP contribution is -2.52. The van der Waals surface area contributed by atoms with Crippen LogP contribution in [-0.2, 0) is 14.8 Å². The number of hydrogen-bond donors (Lipinski definition) is 2. The van der Waals surface area contributed by atoms with Gasteiger partial charge in [-0.3, -0.25) is 24.3 Å². The third kappa shape index (κ3) is 6.26. The molecule has 2 aliphatic heterocycles. The molecule has 1 unspecified atom stereocenters. The molecular weight excluding hydrogens is 416 g/mol. The van der Waals surface area contributed by atoms with Crippen LogP contribution in [0.3, 0.4) is 0 Å². The highest BCUT2D eigenvalue weighted by Gasteiger charge is 2.26. The zero-order valence-corrected chi connectivity index (χ0v) is 18.9. The number of benzene rings is 1. The van der Waals surface area contributed by atoms with Crippen molar-refractivity contribution in [1.29, 1.82) is 5.26 Å². The van der Waals surface area contributed by atoms with Crippen LogP contribution in [0.15, 0.2) is 34.2 Å². The van der Waals surface area contributed by atoms with Gasteiger partial charge in [0.2, 0.25) is 5.91 Å². The predicted molar refractivity (Wildman–Crippen MR) is 119 cm³/mol. The molecule has 9 nitrogen and oxygen atoms in total. The highest BCUT2D eigenvalue weighted by atomic mass is 32.2. The summed E-state index contributed by atoms with van der Waals surface area (Å²) in [5.41, 5.74) is 0.434. The van der Waals surface area contributed by atoms with Gasteiger partial charge in [0.05, 0.1) is 17.5 Å². The minimum absolute atomic E-state index is 0.0877. The largest absolute Gasteiger partial charge is 0.325 e. The van der Waals surface area contributed by atoms with Gasteiger partial charge in [0.1, 0.15) is 11.9 Å². The molecule has 0 bridgehead atoms.